The molecule has 0 spiro atoms. The molecule has 0 bridgehead atoms. The van der Waals surface area contributed by atoms with Gasteiger partial charge in [0.1, 0.15) is 6.61 Å². The van der Waals surface area contributed by atoms with Crippen LogP contribution in [0.4, 0.5) is 13.2 Å². The first kappa shape index (κ1) is 46.4. The molecule has 0 aliphatic carbocycles. The van der Waals surface area contributed by atoms with Gasteiger partial charge in [-0.3, -0.25) is 9.35 Å². The van der Waals surface area contributed by atoms with Crippen molar-refractivity contribution < 1.29 is 40.4 Å². The molecule has 6 aromatic carbocycles. The number of fused-ring (bicyclic) bond motifs is 8. The number of carbonyl (C=O) groups excluding carboxylic acids is 1. The molecule has 0 saturated carbocycles. The second kappa shape index (κ2) is 20.2. The highest BCUT2D eigenvalue weighted by Crippen LogP contribution is 2.47. The van der Waals surface area contributed by atoms with E-state index < -0.39 is 15.6 Å². The summed E-state index contributed by atoms with van der Waals surface area (Å²) in [5.74, 6) is 2.54. The van der Waals surface area contributed by atoms with Crippen LogP contribution in [0.2, 0.25) is 0 Å². The number of para-hydroxylation sites is 6. The Hall–Kier alpha value is -3.69. The highest BCUT2D eigenvalue weighted by molar-refractivity contribution is 14.1. The lowest BCUT2D eigenvalue weighted by molar-refractivity contribution is -0.120. The summed E-state index contributed by atoms with van der Waals surface area (Å²) in [7, 11) is -5.84. The topological polar surface area (TPSA) is 99.8 Å². The number of alkyl halides is 5. The van der Waals surface area contributed by atoms with E-state index in [9.17, 15) is 18.0 Å². The Kier molecular flexibility index (Phi) is 15.9. The van der Waals surface area contributed by atoms with Gasteiger partial charge in [-0.2, -0.15) is 21.6 Å². The molecule has 59 heavy (non-hydrogen) atoms. The van der Waals surface area contributed by atoms with E-state index in [0.717, 1.165) is 48.4 Å². The van der Waals surface area contributed by atoms with Gasteiger partial charge in [0.15, 0.2) is 23.0 Å². The van der Waals surface area contributed by atoms with Crippen LogP contribution in [0.1, 0.15) is 13.3 Å². The molecule has 0 saturated heterocycles. The third-order valence-corrected chi connectivity index (χ3v) is 10.7. The third-order valence-electron chi connectivity index (χ3n) is 8.89. The number of Topliss-reactive ketones (excluding diaryl/α,β-unsaturated/α-hetero) is 1. The molecule has 3 heterocycles. The minimum Gasteiger partial charge on any atom is -0.482 e. The van der Waals surface area contributed by atoms with E-state index in [2.05, 4.69) is 165 Å². The largest absolute Gasteiger partial charge is 0.522 e. The van der Waals surface area contributed by atoms with Crippen molar-refractivity contribution in [2.75, 3.05) is 16.5 Å². The van der Waals surface area contributed by atoms with Crippen LogP contribution in [0, 0.1) is 0 Å². The first-order valence-electron chi connectivity index (χ1n) is 17.5. The van der Waals surface area contributed by atoms with E-state index >= 15 is 0 Å². The normalized spacial score (nSPS) is 11.4. The van der Waals surface area contributed by atoms with Crippen molar-refractivity contribution in [1.82, 2.24) is 9.13 Å². The number of hydrogen-bond donors (Lipinski definition) is 1. The molecule has 1 N–H and O–H groups in total. The Morgan fingerprint density at radius 1 is 0.678 bits per heavy atom. The van der Waals surface area contributed by atoms with Crippen molar-refractivity contribution in [3.05, 3.63) is 136 Å². The Labute approximate surface area is 383 Å². The Morgan fingerprint density at radius 2 is 1.12 bits per heavy atom. The van der Waals surface area contributed by atoms with Crippen molar-refractivity contribution in [2.24, 2.45) is 0 Å². The number of nitrogens with zero attached hydrogens (tertiary/aromatic N) is 2. The van der Waals surface area contributed by atoms with E-state index in [1.165, 1.54) is 27.1 Å². The highest BCUT2D eigenvalue weighted by atomic mass is 127. The summed E-state index contributed by atoms with van der Waals surface area (Å²) in [6.45, 7) is 1.92. The first-order valence-corrected chi connectivity index (χ1v) is 24.8. The van der Waals surface area contributed by atoms with Gasteiger partial charge in [-0.25, -0.2) is 0 Å². The Morgan fingerprint density at radius 3 is 1.64 bits per heavy atom. The Balaban J connectivity index is 0.000000179. The van der Waals surface area contributed by atoms with Crippen molar-refractivity contribution >= 4 is 137 Å². The van der Waals surface area contributed by atoms with Gasteiger partial charge in [-0.05, 0) is 90.3 Å². The number of rotatable bonds is 5. The molecule has 1 aliphatic rings. The number of ketones is 1. The summed E-state index contributed by atoms with van der Waals surface area (Å²) >= 11 is 11.5. The van der Waals surface area contributed by atoms with Crippen molar-refractivity contribution in [3.8, 4) is 28.6 Å². The summed E-state index contributed by atoms with van der Waals surface area (Å²) in [6.07, 6.45) is 0.467. The number of hydrogen-bond acceptors (Lipinski definition) is 5. The summed E-state index contributed by atoms with van der Waals surface area (Å²) in [5, 5.41) is 4.87. The molecule has 8 aromatic rings. The van der Waals surface area contributed by atoms with E-state index in [1.807, 2.05) is 65.3 Å². The molecule has 8 nitrogen and oxygen atoms in total. The second-order valence-electron chi connectivity index (χ2n) is 12.3. The van der Waals surface area contributed by atoms with Crippen molar-refractivity contribution in [2.45, 2.75) is 18.9 Å². The van der Waals surface area contributed by atoms with Crippen LogP contribution in [0.25, 0.3) is 55.0 Å². The molecule has 1 aliphatic heterocycles. The van der Waals surface area contributed by atoms with E-state index in [-0.39, 0.29) is 12.4 Å². The monoisotopic (exact) mass is 1180 g/mol. The number of carbonyl (C=O) groups is 1. The molecule has 0 amide bonds. The average molecular weight is 1180 g/mol. The lowest BCUT2D eigenvalue weighted by atomic mass is 10.1. The fourth-order valence-corrected chi connectivity index (χ4v) is 7.36. The van der Waals surface area contributed by atoms with Crippen LogP contribution in [0.15, 0.2) is 136 Å². The van der Waals surface area contributed by atoms with Crippen LogP contribution >= 0.6 is 77.0 Å². The predicted octanol–water partition coefficient (Wildman–Crippen LogP) is 14.1. The van der Waals surface area contributed by atoms with Crippen LogP contribution in [0.3, 0.4) is 0 Å². The second-order valence-corrected chi connectivity index (χ2v) is 15.4. The summed E-state index contributed by atoms with van der Waals surface area (Å²) < 4.78 is 75.9. The summed E-state index contributed by atoms with van der Waals surface area (Å²) in [5.41, 5.74) is 1.03. The summed E-state index contributed by atoms with van der Waals surface area (Å²) in [6, 6.07) is 43.5. The standard InChI is InChI=1S/C22H18BrNO2.C18H10BrNO.CHF3O3S.2CH3I/c1-2-15(25)14-26-22-18(23)10-7-13-21(22)24-19-11-5-3-8-16(19)17-9-4-6-12-20(17)24;19-13-7-4-9-15-18(13)21-16-10-3-6-12-11-5-1-2-8-14(11)20(15)17(12)16;2-1(3,4)8(5,6)7;2*1-2/h3-13H,2,14H2,1H3;1-10H;(H,5,6,7);2*1H3. The van der Waals surface area contributed by atoms with E-state index in [1.54, 1.807) is 0 Å². The molecule has 0 radical (unpaired) electrons. The third kappa shape index (κ3) is 9.77. The average Bonchev–Trinajstić information content (AvgIpc) is 3.76. The fraction of sp³-hybridized carbons (Fsp3) is 0.140. The van der Waals surface area contributed by atoms with Gasteiger partial charge in [0.25, 0.3) is 0 Å². The first-order chi connectivity index (χ1) is 28.3. The predicted molar refractivity (Wildman–Crippen MR) is 255 cm³/mol. The van der Waals surface area contributed by atoms with Gasteiger partial charge in [0, 0.05) is 28.0 Å². The molecular formula is C43H35Br2F3I2N2O6S. The zero-order chi connectivity index (χ0) is 43.1. The lowest BCUT2D eigenvalue weighted by Gasteiger charge is -2.21. The fourth-order valence-electron chi connectivity index (χ4n) is 6.46. The van der Waals surface area contributed by atoms with Crippen molar-refractivity contribution in [3.63, 3.8) is 0 Å². The van der Waals surface area contributed by atoms with Crippen LogP contribution in [-0.2, 0) is 14.9 Å². The van der Waals surface area contributed by atoms with Crippen LogP contribution in [0.5, 0.6) is 17.2 Å². The lowest BCUT2D eigenvalue weighted by Crippen LogP contribution is -2.21. The zero-order valence-corrected chi connectivity index (χ0v) is 39.8. The highest BCUT2D eigenvalue weighted by Gasteiger charge is 2.44. The smallest absolute Gasteiger partial charge is 0.482 e. The van der Waals surface area contributed by atoms with Gasteiger partial charge < -0.3 is 18.6 Å². The van der Waals surface area contributed by atoms with E-state index in [0.29, 0.717) is 12.2 Å². The minimum atomic E-state index is -5.84. The quantitative estimate of drug-likeness (QED) is 0.0798. The van der Waals surface area contributed by atoms with E-state index in [4.69, 9.17) is 22.4 Å². The van der Waals surface area contributed by atoms with Gasteiger partial charge in [0.05, 0.1) is 42.4 Å². The molecule has 308 valence electrons. The SMILES string of the molecule is Brc1cccc2c1Oc1cccc3c4ccccc4n-2c13.CCC(=O)COc1c(Br)cccc1-n1c2ccccc2c2ccccc21.CI.CI.O=S(=O)(O)C(F)(F)F. The molecule has 0 atom stereocenters. The van der Waals surface area contributed by atoms with Gasteiger partial charge in [-0.15, -0.1) is 0 Å². The molecular weight excluding hydrogens is 1140 g/mol. The zero-order valence-electron chi connectivity index (χ0n) is 31.5. The molecule has 0 fully saturated rings. The van der Waals surface area contributed by atoms with Crippen LogP contribution < -0.4 is 9.47 Å². The number of aromatic nitrogens is 2. The van der Waals surface area contributed by atoms with Crippen molar-refractivity contribution in [1.29, 1.82) is 0 Å². The minimum absolute atomic E-state index is 0.0727. The molecule has 9 rings (SSSR count). The van der Waals surface area contributed by atoms with Gasteiger partial charge in [-0.1, -0.05) is 131 Å². The molecule has 2 aromatic heterocycles. The van der Waals surface area contributed by atoms with Gasteiger partial charge >= 0.3 is 15.6 Å². The molecule has 16 heteroatoms. The number of ether oxygens (including phenoxy) is 2. The molecule has 0 unspecified atom stereocenters. The maximum atomic E-state index is 11.8. The number of benzene rings is 6. The maximum absolute atomic E-state index is 11.8. The Bertz CT molecular complexity index is 2830. The summed E-state index contributed by atoms with van der Waals surface area (Å²) in [4.78, 5) is 15.7. The van der Waals surface area contributed by atoms with Crippen LogP contribution in [-0.4, -0.2) is 49.9 Å². The maximum Gasteiger partial charge on any atom is 0.522 e. The van der Waals surface area contributed by atoms with Gasteiger partial charge in [0.2, 0.25) is 0 Å². The number of halogens is 7.